The molecule has 3 heterocycles. The summed E-state index contributed by atoms with van der Waals surface area (Å²) >= 11 is 0. The molecule has 0 saturated carbocycles. The van der Waals surface area contributed by atoms with Crippen LogP contribution in [0.5, 0.6) is 5.75 Å². The maximum atomic E-state index is 5.27. The number of hydrogen-bond donors (Lipinski definition) is 0. The van der Waals surface area contributed by atoms with Gasteiger partial charge in [-0.25, -0.2) is 4.98 Å². The predicted octanol–water partition coefficient (Wildman–Crippen LogP) is 1.76. The van der Waals surface area contributed by atoms with E-state index in [9.17, 15) is 0 Å². The Balaban J connectivity index is 2.04. The van der Waals surface area contributed by atoms with E-state index in [1.165, 1.54) is 6.42 Å². The summed E-state index contributed by atoms with van der Waals surface area (Å²) in [7, 11) is 3.86. The summed E-state index contributed by atoms with van der Waals surface area (Å²) in [6.45, 7) is 2.25. The first-order chi connectivity index (χ1) is 8.28. The average Bonchev–Trinajstić information content (AvgIpc) is 2.93. The Morgan fingerprint density at radius 2 is 2.29 bits per heavy atom. The minimum atomic E-state index is 0.537. The molecule has 1 unspecified atom stereocenters. The first kappa shape index (κ1) is 10.6. The maximum absolute atomic E-state index is 5.27. The molecule has 2 aromatic rings. The van der Waals surface area contributed by atoms with Gasteiger partial charge in [0.05, 0.1) is 25.0 Å². The van der Waals surface area contributed by atoms with Crippen LogP contribution < -0.4 is 4.74 Å². The van der Waals surface area contributed by atoms with E-state index in [2.05, 4.69) is 21.3 Å². The summed E-state index contributed by atoms with van der Waals surface area (Å²) in [4.78, 5) is 6.92. The Hall–Kier alpha value is -1.55. The SMILES string of the molecule is COc1ccc2cnc(C3CCN(C)C3)n2c1. The molecule has 1 aliphatic rings. The van der Waals surface area contributed by atoms with Crippen LogP contribution in [-0.4, -0.2) is 41.5 Å². The average molecular weight is 231 g/mol. The standard InChI is InChI=1S/C13H17N3O/c1-15-6-5-10(8-15)13-14-7-11-3-4-12(17-2)9-16(11)13/h3-4,7,9-10H,5-6,8H2,1-2H3. The lowest BCUT2D eigenvalue weighted by Crippen LogP contribution is -2.14. The summed E-state index contributed by atoms with van der Waals surface area (Å²) in [5.41, 5.74) is 1.13. The van der Waals surface area contributed by atoms with Crippen LogP contribution in [-0.2, 0) is 0 Å². The molecule has 0 aromatic carbocycles. The van der Waals surface area contributed by atoms with E-state index in [1.54, 1.807) is 7.11 Å². The molecule has 0 spiro atoms. The van der Waals surface area contributed by atoms with Crippen molar-refractivity contribution in [2.45, 2.75) is 12.3 Å². The second-order valence-electron chi connectivity index (χ2n) is 4.73. The number of likely N-dealkylation sites (N-methyl/N-ethyl adjacent to an activating group) is 1. The monoisotopic (exact) mass is 231 g/mol. The van der Waals surface area contributed by atoms with Crippen LogP contribution in [0.1, 0.15) is 18.2 Å². The van der Waals surface area contributed by atoms with Crippen LogP contribution in [0.15, 0.2) is 24.5 Å². The number of hydrogen-bond acceptors (Lipinski definition) is 3. The van der Waals surface area contributed by atoms with Crippen molar-refractivity contribution in [3.8, 4) is 5.75 Å². The Bertz CT molecular complexity index is 534. The number of imidazole rings is 1. The highest BCUT2D eigenvalue weighted by Gasteiger charge is 2.24. The summed E-state index contributed by atoms with van der Waals surface area (Å²) in [6.07, 6.45) is 5.15. The van der Waals surface area contributed by atoms with Gasteiger partial charge in [0.15, 0.2) is 0 Å². The summed E-state index contributed by atoms with van der Waals surface area (Å²) < 4.78 is 7.43. The molecule has 90 valence electrons. The molecule has 1 atom stereocenters. The van der Waals surface area contributed by atoms with E-state index in [0.29, 0.717) is 5.92 Å². The topological polar surface area (TPSA) is 29.8 Å². The van der Waals surface area contributed by atoms with Crippen molar-refractivity contribution in [1.82, 2.24) is 14.3 Å². The minimum Gasteiger partial charge on any atom is -0.495 e. The third-order valence-electron chi connectivity index (χ3n) is 3.52. The Labute approximate surface area is 101 Å². The fourth-order valence-electron chi connectivity index (χ4n) is 2.56. The maximum Gasteiger partial charge on any atom is 0.135 e. The Kier molecular flexibility index (Phi) is 2.52. The van der Waals surface area contributed by atoms with Gasteiger partial charge in [-0.05, 0) is 32.1 Å². The minimum absolute atomic E-state index is 0.537. The van der Waals surface area contributed by atoms with Crippen LogP contribution >= 0.6 is 0 Å². The molecule has 1 aliphatic heterocycles. The molecule has 1 fully saturated rings. The van der Waals surface area contributed by atoms with Crippen molar-refractivity contribution in [2.75, 3.05) is 27.2 Å². The number of pyridine rings is 1. The third kappa shape index (κ3) is 1.78. The molecular weight excluding hydrogens is 214 g/mol. The fourth-order valence-corrected chi connectivity index (χ4v) is 2.56. The molecular formula is C13H17N3O. The predicted molar refractivity (Wildman–Crippen MR) is 66.6 cm³/mol. The van der Waals surface area contributed by atoms with Crippen LogP contribution in [0.25, 0.3) is 5.52 Å². The number of rotatable bonds is 2. The van der Waals surface area contributed by atoms with Crippen LogP contribution in [0.4, 0.5) is 0 Å². The molecule has 0 amide bonds. The van der Waals surface area contributed by atoms with Gasteiger partial charge < -0.3 is 9.64 Å². The highest BCUT2D eigenvalue weighted by Crippen LogP contribution is 2.27. The molecule has 4 heteroatoms. The largest absolute Gasteiger partial charge is 0.495 e. The van der Waals surface area contributed by atoms with Gasteiger partial charge in [0.25, 0.3) is 0 Å². The summed E-state index contributed by atoms with van der Waals surface area (Å²) in [5, 5.41) is 0. The van der Waals surface area contributed by atoms with Gasteiger partial charge in [-0.1, -0.05) is 0 Å². The molecule has 0 N–H and O–H groups in total. The van der Waals surface area contributed by atoms with E-state index in [1.807, 2.05) is 24.5 Å². The highest BCUT2D eigenvalue weighted by atomic mass is 16.5. The lowest BCUT2D eigenvalue weighted by Gasteiger charge is -2.10. The fraction of sp³-hybridized carbons (Fsp3) is 0.462. The first-order valence-electron chi connectivity index (χ1n) is 5.97. The molecule has 0 aliphatic carbocycles. The van der Waals surface area contributed by atoms with Gasteiger partial charge in [0.1, 0.15) is 11.6 Å². The zero-order valence-corrected chi connectivity index (χ0v) is 10.3. The van der Waals surface area contributed by atoms with Crippen LogP contribution in [0.2, 0.25) is 0 Å². The van der Waals surface area contributed by atoms with Gasteiger partial charge in [-0.3, -0.25) is 4.40 Å². The van der Waals surface area contributed by atoms with Gasteiger partial charge in [0.2, 0.25) is 0 Å². The van der Waals surface area contributed by atoms with Gasteiger partial charge in [-0.2, -0.15) is 0 Å². The summed E-state index contributed by atoms with van der Waals surface area (Å²) in [5.74, 6) is 2.57. The molecule has 3 rings (SSSR count). The highest BCUT2D eigenvalue weighted by molar-refractivity contribution is 5.48. The molecule has 1 saturated heterocycles. The van der Waals surface area contributed by atoms with Gasteiger partial charge in [-0.15, -0.1) is 0 Å². The number of aromatic nitrogens is 2. The normalized spacial score (nSPS) is 21.2. The van der Waals surface area contributed by atoms with Crippen molar-refractivity contribution < 1.29 is 4.74 Å². The number of likely N-dealkylation sites (tertiary alicyclic amines) is 1. The molecule has 2 aromatic heterocycles. The van der Waals surface area contributed by atoms with E-state index < -0.39 is 0 Å². The molecule has 17 heavy (non-hydrogen) atoms. The number of fused-ring (bicyclic) bond motifs is 1. The first-order valence-corrected chi connectivity index (χ1v) is 5.97. The number of nitrogens with zero attached hydrogens (tertiary/aromatic N) is 3. The van der Waals surface area contributed by atoms with Crippen LogP contribution in [0.3, 0.4) is 0 Å². The van der Waals surface area contributed by atoms with Crippen molar-refractivity contribution in [3.05, 3.63) is 30.4 Å². The quantitative estimate of drug-likeness (QED) is 0.789. The van der Waals surface area contributed by atoms with Crippen molar-refractivity contribution in [3.63, 3.8) is 0 Å². The second kappa shape index (κ2) is 4.04. The third-order valence-corrected chi connectivity index (χ3v) is 3.52. The lowest BCUT2D eigenvalue weighted by atomic mass is 10.1. The molecule has 0 radical (unpaired) electrons. The van der Waals surface area contributed by atoms with E-state index >= 15 is 0 Å². The zero-order chi connectivity index (χ0) is 11.8. The van der Waals surface area contributed by atoms with Crippen LogP contribution in [0, 0.1) is 0 Å². The van der Waals surface area contributed by atoms with E-state index in [0.717, 1.165) is 30.2 Å². The van der Waals surface area contributed by atoms with Crippen molar-refractivity contribution in [2.24, 2.45) is 0 Å². The van der Waals surface area contributed by atoms with Crippen molar-refractivity contribution >= 4 is 5.52 Å². The number of ether oxygens (including phenoxy) is 1. The lowest BCUT2D eigenvalue weighted by molar-refractivity contribution is 0.407. The number of methoxy groups -OCH3 is 1. The smallest absolute Gasteiger partial charge is 0.135 e. The Morgan fingerprint density at radius 3 is 3.00 bits per heavy atom. The van der Waals surface area contributed by atoms with E-state index in [-0.39, 0.29) is 0 Å². The summed E-state index contributed by atoms with van der Waals surface area (Å²) in [6, 6.07) is 4.02. The van der Waals surface area contributed by atoms with Gasteiger partial charge >= 0.3 is 0 Å². The molecule has 4 nitrogen and oxygen atoms in total. The van der Waals surface area contributed by atoms with Gasteiger partial charge in [0, 0.05) is 12.5 Å². The second-order valence-corrected chi connectivity index (χ2v) is 4.73. The Morgan fingerprint density at radius 1 is 1.41 bits per heavy atom. The zero-order valence-electron chi connectivity index (χ0n) is 10.3. The molecule has 0 bridgehead atoms. The van der Waals surface area contributed by atoms with E-state index in [4.69, 9.17) is 4.74 Å². The van der Waals surface area contributed by atoms with Crippen molar-refractivity contribution in [1.29, 1.82) is 0 Å².